The molecule has 1 aromatic rings. The van der Waals surface area contributed by atoms with Crippen LogP contribution in [0.3, 0.4) is 0 Å². The molecular weight excluding hydrogens is 316 g/mol. The van der Waals surface area contributed by atoms with Crippen LogP contribution in [0.15, 0.2) is 22.7 Å². The van der Waals surface area contributed by atoms with Gasteiger partial charge in [-0.2, -0.15) is 0 Å². The maximum atomic E-state index is 12.3. The number of carbonyl (C=O) groups is 1. The molecule has 0 radical (unpaired) electrons. The predicted molar refractivity (Wildman–Crippen MR) is 76.9 cm³/mol. The highest BCUT2D eigenvalue weighted by Gasteiger charge is 2.34. The number of halogens is 2. The van der Waals surface area contributed by atoms with E-state index in [9.17, 15) is 4.79 Å². The number of rotatable bonds is 3. The summed E-state index contributed by atoms with van der Waals surface area (Å²) in [6.45, 7) is 0.477. The molecule has 1 saturated carbocycles. The first-order chi connectivity index (χ1) is 8.58. The summed E-state index contributed by atoms with van der Waals surface area (Å²) in [7, 11) is 0. The van der Waals surface area contributed by atoms with Crippen LogP contribution in [0.5, 0.6) is 0 Å². The minimum atomic E-state index is -0.247. The largest absolute Gasteiger partial charge is 0.345 e. The van der Waals surface area contributed by atoms with Gasteiger partial charge in [0.25, 0.3) is 5.91 Å². The molecule has 0 atom stereocenters. The Kier molecular flexibility index (Phi) is 4.30. The van der Waals surface area contributed by atoms with Gasteiger partial charge in [-0.05, 0) is 40.9 Å². The summed E-state index contributed by atoms with van der Waals surface area (Å²) in [5, 5.41) is 3.50. The van der Waals surface area contributed by atoms with Crippen LogP contribution in [-0.2, 0) is 0 Å². The van der Waals surface area contributed by atoms with Crippen molar-refractivity contribution in [1.29, 1.82) is 0 Å². The second-order valence-electron chi connectivity index (χ2n) is 4.75. The van der Waals surface area contributed by atoms with Gasteiger partial charge in [0.1, 0.15) is 0 Å². The second-order valence-corrected chi connectivity index (χ2v) is 5.98. The SMILES string of the molecule is NCC1(NC(=O)c2cccc(Br)c2Cl)CCCC1. The van der Waals surface area contributed by atoms with Gasteiger partial charge in [-0.1, -0.05) is 30.5 Å². The van der Waals surface area contributed by atoms with Crippen LogP contribution in [0.25, 0.3) is 0 Å². The smallest absolute Gasteiger partial charge is 0.253 e. The standard InChI is InChI=1S/C13H16BrClN2O/c14-10-5-3-4-9(11(10)15)12(18)17-13(8-16)6-1-2-7-13/h3-5H,1-2,6-8,16H2,(H,17,18). The number of benzene rings is 1. The Bertz CT molecular complexity index is 458. The van der Waals surface area contributed by atoms with Crippen LogP contribution < -0.4 is 11.1 Å². The lowest BCUT2D eigenvalue weighted by atomic mass is 9.97. The molecule has 0 aliphatic heterocycles. The highest BCUT2D eigenvalue weighted by atomic mass is 79.9. The van der Waals surface area contributed by atoms with Crippen LogP contribution in [0.2, 0.25) is 5.02 Å². The van der Waals surface area contributed by atoms with E-state index in [-0.39, 0.29) is 11.4 Å². The molecule has 1 amide bonds. The lowest BCUT2D eigenvalue weighted by molar-refractivity contribution is 0.0903. The summed E-state index contributed by atoms with van der Waals surface area (Å²) in [5.41, 5.74) is 6.05. The molecule has 1 aromatic carbocycles. The third-order valence-corrected chi connectivity index (χ3v) is 4.82. The normalized spacial score (nSPS) is 17.7. The molecule has 5 heteroatoms. The first-order valence-corrected chi connectivity index (χ1v) is 7.22. The summed E-state index contributed by atoms with van der Waals surface area (Å²) in [6, 6.07) is 5.34. The molecule has 0 spiro atoms. The van der Waals surface area contributed by atoms with Crippen LogP contribution in [0.4, 0.5) is 0 Å². The molecule has 2 rings (SSSR count). The number of amides is 1. The Labute approximate surface area is 120 Å². The molecule has 3 N–H and O–H groups in total. The van der Waals surface area contributed by atoms with Gasteiger partial charge in [-0.15, -0.1) is 0 Å². The summed E-state index contributed by atoms with van der Waals surface area (Å²) >= 11 is 9.44. The van der Waals surface area contributed by atoms with Crippen molar-refractivity contribution in [3.05, 3.63) is 33.3 Å². The van der Waals surface area contributed by atoms with E-state index in [4.69, 9.17) is 17.3 Å². The van der Waals surface area contributed by atoms with Crippen LogP contribution in [-0.4, -0.2) is 18.0 Å². The van der Waals surface area contributed by atoms with Crippen LogP contribution in [0.1, 0.15) is 36.0 Å². The molecule has 0 saturated heterocycles. The highest BCUT2D eigenvalue weighted by molar-refractivity contribution is 9.10. The number of nitrogens with two attached hydrogens (primary N) is 1. The molecule has 1 aliphatic carbocycles. The molecule has 98 valence electrons. The van der Waals surface area contributed by atoms with E-state index >= 15 is 0 Å². The summed E-state index contributed by atoms with van der Waals surface area (Å²) in [6.07, 6.45) is 4.12. The zero-order chi connectivity index (χ0) is 13.2. The van der Waals surface area contributed by atoms with Gasteiger partial charge in [-0.3, -0.25) is 4.79 Å². The Morgan fingerprint density at radius 3 is 2.72 bits per heavy atom. The highest BCUT2D eigenvalue weighted by Crippen LogP contribution is 2.30. The first kappa shape index (κ1) is 13.8. The predicted octanol–water partition coefficient (Wildman–Crippen LogP) is 3.10. The van der Waals surface area contributed by atoms with E-state index in [1.165, 1.54) is 0 Å². The Balaban J connectivity index is 2.19. The van der Waals surface area contributed by atoms with Crippen molar-refractivity contribution in [2.24, 2.45) is 5.73 Å². The number of hydrogen-bond donors (Lipinski definition) is 2. The van der Waals surface area contributed by atoms with E-state index in [2.05, 4.69) is 21.2 Å². The zero-order valence-electron chi connectivity index (χ0n) is 10.0. The third-order valence-electron chi connectivity index (χ3n) is 3.53. The van der Waals surface area contributed by atoms with Gasteiger partial charge in [0.15, 0.2) is 0 Å². The monoisotopic (exact) mass is 330 g/mol. The molecule has 0 aromatic heterocycles. The molecular formula is C13H16BrClN2O. The lowest BCUT2D eigenvalue weighted by Crippen LogP contribution is -2.51. The first-order valence-electron chi connectivity index (χ1n) is 6.05. The van der Waals surface area contributed by atoms with Crippen molar-refractivity contribution in [2.45, 2.75) is 31.2 Å². The maximum Gasteiger partial charge on any atom is 0.253 e. The summed E-state index contributed by atoms with van der Waals surface area (Å²) < 4.78 is 0.727. The van der Waals surface area contributed by atoms with E-state index in [1.807, 2.05) is 6.07 Å². The fourth-order valence-corrected chi connectivity index (χ4v) is 3.00. The van der Waals surface area contributed by atoms with Gasteiger partial charge < -0.3 is 11.1 Å². The summed E-state index contributed by atoms with van der Waals surface area (Å²) in [5.74, 6) is -0.145. The molecule has 0 unspecified atom stereocenters. The van der Waals surface area contributed by atoms with Crippen molar-refractivity contribution in [1.82, 2.24) is 5.32 Å². The van der Waals surface area contributed by atoms with E-state index in [1.54, 1.807) is 12.1 Å². The molecule has 1 aliphatic rings. The van der Waals surface area contributed by atoms with E-state index in [0.717, 1.165) is 30.2 Å². The minimum Gasteiger partial charge on any atom is -0.345 e. The molecule has 0 heterocycles. The van der Waals surface area contributed by atoms with E-state index in [0.29, 0.717) is 17.1 Å². The van der Waals surface area contributed by atoms with Crippen molar-refractivity contribution < 1.29 is 4.79 Å². The Hall–Kier alpha value is -0.580. The second kappa shape index (κ2) is 5.59. The number of carbonyl (C=O) groups excluding carboxylic acids is 1. The summed E-state index contributed by atoms with van der Waals surface area (Å²) in [4.78, 5) is 12.3. The lowest BCUT2D eigenvalue weighted by Gasteiger charge is -2.28. The van der Waals surface area contributed by atoms with Gasteiger partial charge >= 0.3 is 0 Å². The Morgan fingerprint density at radius 1 is 1.44 bits per heavy atom. The fourth-order valence-electron chi connectivity index (χ4n) is 2.42. The average Bonchev–Trinajstić information content (AvgIpc) is 2.81. The topological polar surface area (TPSA) is 55.1 Å². The zero-order valence-corrected chi connectivity index (χ0v) is 12.4. The van der Waals surface area contributed by atoms with Gasteiger partial charge in [0.2, 0.25) is 0 Å². The maximum absolute atomic E-state index is 12.3. The van der Waals surface area contributed by atoms with Crippen molar-refractivity contribution in [2.75, 3.05) is 6.54 Å². The number of nitrogens with one attached hydrogen (secondary N) is 1. The van der Waals surface area contributed by atoms with Crippen molar-refractivity contribution in [3.8, 4) is 0 Å². The van der Waals surface area contributed by atoms with Crippen LogP contribution >= 0.6 is 27.5 Å². The van der Waals surface area contributed by atoms with Gasteiger partial charge in [0.05, 0.1) is 16.1 Å². The molecule has 18 heavy (non-hydrogen) atoms. The Morgan fingerprint density at radius 2 is 2.11 bits per heavy atom. The third kappa shape index (κ3) is 2.71. The van der Waals surface area contributed by atoms with Gasteiger partial charge in [-0.25, -0.2) is 0 Å². The molecule has 3 nitrogen and oxygen atoms in total. The molecule has 1 fully saturated rings. The van der Waals surface area contributed by atoms with Crippen molar-refractivity contribution in [3.63, 3.8) is 0 Å². The average molecular weight is 332 g/mol. The quantitative estimate of drug-likeness (QED) is 0.894. The number of hydrogen-bond acceptors (Lipinski definition) is 2. The fraction of sp³-hybridized carbons (Fsp3) is 0.462. The van der Waals surface area contributed by atoms with Crippen LogP contribution in [0, 0.1) is 0 Å². The van der Waals surface area contributed by atoms with Crippen molar-refractivity contribution >= 4 is 33.4 Å². The van der Waals surface area contributed by atoms with Gasteiger partial charge in [0, 0.05) is 11.0 Å². The minimum absolute atomic E-state index is 0.145. The van der Waals surface area contributed by atoms with E-state index < -0.39 is 0 Å². The molecule has 0 bridgehead atoms.